The molecular weight excluding hydrogens is 905 g/mol. The Kier molecular flexibility index (Phi) is 7.20. The van der Waals surface area contributed by atoms with E-state index in [4.69, 9.17) is 0 Å². The lowest BCUT2D eigenvalue weighted by atomic mass is 9.84. The molecule has 0 saturated heterocycles. The molecule has 0 bridgehead atoms. The van der Waals surface area contributed by atoms with Crippen molar-refractivity contribution < 1.29 is 0 Å². The number of hydrogen-bond donors (Lipinski definition) is 0. The summed E-state index contributed by atoms with van der Waals surface area (Å²) < 4.78 is 5.32. The van der Waals surface area contributed by atoms with Crippen molar-refractivity contribution in [1.29, 1.82) is 0 Å². The van der Waals surface area contributed by atoms with Gasteiger partial charge in [-0.05, 0) is 192 Å². The lowest BCUT2D eigenvalue weighted by Gasteiger charge is -2.19. The Hall–Kier alpha value is -8.66. The standard InChI is InChI=1S/C70H36S2/c1-3-15-39-37(13-1)29-63-61-35-55-53(49-25-11-23-47-41-17-5-7-27-65(41)71-69(47)49)33-60-58-32-52-46-22-10-20-44-40-16-4-2-14-38(40)30-64(68(44)46)62(52)36-56(58)54(50-26-12-24-48-42-18-6-8-28-66(42)72-70(48)50)34-59(60)57(55)31-51(61)45-21-9-19-43(39)67(45)63/h1-36H. The normalized spacial score (nSPS) is 12.7. The molecule has 2 aliphatic carbocycles. The first-order chi connectivity index (χ1) is 35.7. The largest absolute Gasteiger partial charge is 0.135 e. The fourth-order valence-electron chi connectivity index (χ4n) is 13.6. The number of hydrogen-bond acceptors (Lipinski definition) is 2. The molecule has 328 valence electrons. The van der Waals surface area contributed by atoms with Gasteiger partial charge in [0.2, 0.25) is 0 Å². The molecule has 0 amide bonds. The Morgan fingerprint density at radius 3 is 0.986 bits per heavy atom. The molecule has 0 atom stereocenters. The molecule has 2 aliphatic rings. The fraction of sp³-hybridized carbons (Fsp3) is 0. The van der Waals surface area contributed by atoms with Crippen molar-refractivity contribution in [3.8, 4) is 66.8 Å². The summed E-state index contributed by atoms with van der Waals surface area (Å²) in [6.45, 7) is 0. The summed E-state index contributed by atoms with van der Waals surface area (Å²) in [5.74, 6) is 0. The lowest BCUT2D eigenvalue weighted by Crippen LogP contribution is -1.92. The van der Waals surface area contributed by atoms with Crippen molar-refractivity contribution >= 4 is 138 Å². The summed E-state index contributed by atoms with van der Waals surface area (Å²) in [7, 11) is 0. The minimum absolute atomic E-state index is 1.28. The van der Waals surface area contributed by atoms with E-state index in [0.29, 0.717) is 0 Å². The molecule has 0 fully saturated rings. The smallest absolute Gasteiger partial charge is 0.0434 e. The minimum Gasteiger partial charge on any atom is -0.135 e. The third kappa shape index (κ3) is 4.82. The first kappa shape index (κ1) is 38.1. The van der Waals surface area contributed by atoms with Gasteiger partial charge in [0.1, 0.15) is 0 Å². The Morgan fingerprint density at radius 1 is 0.181 bits per heavy atom. The number of fused-ring (bicyclic) bond motifs is 21. The van der Waals surface area contributed by atoms with E-state index in [1.165, 1.54) is 183 Å². The van der Waals surface area contributed by atoms with Crippen LogP contribution in [0.15, 0.2) is 218 Å². The highest BCUT2D eigenvalue weighted by Gasteiger charge is 2.29. The first-order valence-corrected chi connectivity index (χ1v) is 26.6. The number of rotatable bonds is 2. The Bertz CT molecular complexity index is 4890. The van der Waals surface area contributed by atoms with E-state index in [2.05, 4.69) is 218 Å². The van der Waals surface area contributed by atoms with Gasteiger partial charge in [0.05, 0.1) is 0 Å². The van der Waals surface area contributed by atoms with Gasteiger partial charge in [0, 0.05) is 51.5 Å². The van der Waals surface area contributed by atoms with Crippen LogP contribution in [-0.4, -0.2) is 0 Å². The minimum atomic E-state index is 1.28. The zero-order chi connectivity index (χ0) is 46.5. The van der Waals surface area contributed by atoms with Crippen LogP contribution in [0, 0.1) is 0 Å². The molecule has 0 spiro atoms. The zero-order valence-electron chi connectivity index (χ0n) is 38.6. The van der Waals surface area contributed by atoms with E-state index < -0.39 is 0 Å². The first-order valence-electron chi connectivity index (χ1n) is 25.0. The second-order valence-corrected chi connectivity index (χ2v) is 22.2. The average Bonchev–Trinajstić information content (AvgIpc) is 4.19. The predicted octanol–water partition coefficient (Wildman–Crippen LogP) is 21.1. The second kappa shape index (κ2) is 13.6. The molecule has 16 aromatic rings. The van der Waals surface area contributed by atoms with E-state index >= 15 is 0 Å². The van der Waals surface area contributed by atoms with E-state index in [-0.39, 0.29) is 0 Å². The molecule has 0 nitrogen and oxygen atoms in total. The summed E-state index contributed by atoms with van der Waals surface area (Å²) in [5, 5.41) is 23.5. The third-order valence-electron chi connectivity index (χ3n) is 16.7. The predicted molar refractivity (Wildman–Crippen MR) is 314 cm³/mol. The van der Waals surface area contributed by atoms with E-state index in [0.717, 1.165) is 0 Å². The molecule has 2 heteroatoms. The van der Waals surface area contributed by atoms with Gasteiger partial charge >= 0.3 is 0 Å². The van der Waals surface area contributed by atoms with Gasteiger partial charge < -0.3 is 0 Å². The van der Waals surface area contributed by atoms with Crippen LogP contribution in [0.1, 0.15) is 0 Å². The van der Waals surface area contributed by atoms with Crippen LogP contribution in [0.5, 0.6) is 0 Å². The summed E-state index contributed by atoms with van der Waals surface area (Å²) in [4.78, 5) is 0. The molecule has 2 heterocycles. The summed E-state index contributed by atoms with van der Waals surface area (Å²) in [6, 6.07) is 83.9. The lowest BCUT2D eigenvalue weighted by molar-refractivity contribution is 1.71. The fourth-order valence-corrected chi connectivity index (χ4v) is 16.1. The maximum Gasteiger partial charge on any atom is 0.0434 e. The molecular formula is C70H36S2. The third-order valence-corrected chi connectivity index (χ3v) is 19.1. The average molecular weight is 941 g/mol. The zero-order valence-corrected chi connectivity index (χ0v) is 40.2. The molecule has 72 heavy (non-hydrogen) atoms. The highest BCUT2D eigenvalue weighted by Crippen LogP contribution is 2.57. The second-order valence-electron chi connectivity index (χ2n) is 20.1. The molecule has 0 N–H and O–H groups in total. The van der Waals surface area contributed by atoms with Gasteiger partial charge in [-0.2, -0.15) is 0 Å². The van der Waals surface area contributed by atoms with Crippen LogP contribution >= 0.6 is 22.7 Å². The van der Waals surface area contributed by atoms with Gasteiger partial charge in [0.25, 0.3) is 0 Å². The topological polar surface area (TPSA) is 0 Å². The van der Waals surface area contributed by atoms with Crippen molar-refractivity contribution in [3.63, 3.8) is 0 Å². The van der Waals surface area contributed by atoms with Gasteiger partial charge in [-0.1, -0.05) is 158 Å². The van der Waals surface area contributed by atoms with E-state index in [9.17, 15) is 0 Å². The Morgan fingerprint density at radius 2 is 0.514 bits per heavy atom. The van der Waals surface area contributed by atoms with Gasteiger partial charge in [-0.3, -0.25) is 0 Å². The summed E-state index contributed by atoms with van der Waals surface area (Å²) in [5.41, 5.74) is 15.7. The van der Waals surface area contributed by atoms with E-state index in [1.54, 1.807) is 0 Å². The quantitative estimate of drug-likeness (QED) is 0.152. The van der Waals surface area contributed by atoms with Crippen molar-refractivity contribution in [1.82, 2.24) is 0 Å². The Labute approximate surface area is 420 Å². The molecule has 0 unspecified atom stereocenters. The van der Waals surface area contributed by atoms with Crippen LogP contribution in [0.2, 0.25) is 0 Å². The highest BCUT2D eigenvalue weighted by atomic mass is 32.1. The maximum absolute atomic E-state index is 2.58. The molecule has 18 rings (SSSR count). The van der Waals surface area contributed by atoms with Crippen LogP contribution in [0.3, 0.4) is 0 Å². The molecule has 0 saturated carbocycles. The summed E-state index contributed by atoms with van der Waals surface area (Å²) >= 11 is 3.85. The summed E-state index contributed by atoms with van der Waals surface area (Å²) in [6.07, 6.45) is 0. The Balaban J connectivity index is 1.04. The van der Waals surface area contributed by atoms with Crippen molar-refractivity contribution in [2.24, 2.45) is 0 Å². The van der Waals surface area contributed by atoms with Crippen LogP contribution in [0.4, 0.5) is 0 Å². The SMILES string of the molecule is c1ccc2c(c1)cc1c3c(cccc32)-c2cc3c(cc2-1)c(-c1cccc2c1sc1ccccc12)cc1c2cc4c(cc2c(-c2cccc5c2sc2ccccc25)cc31)-c1cc2ccccc2c2cccc-4c12. The van der Waals surface area contributed by atoms with Gasteiger partial charge in [-0.25, -0.2) is 0 Å². The van der Waals surface area contributed by atoms with Crippen LogP contribution in [0.25, 0.3) is 183 Å². The maximum atomic E-state index is 2.58. The highest BCUT2D eigenvalue weighted by molar-refractivity contribution is 7.26. The monoisotopic (exact) mass is 940 g/mol. The number of benzene rings is 14. The van der Waals surface area contributed by atoms with Crippen LogP contribution in [-0.2, 0) is 0 Å². The van der Waals surface area contributed by atoms with Crippen molar-refractivity contribution in [3.05, 3.63) is 218 Å². The number of thiophene rings is 2. The van der Waals surface area contributed by atoms with Gasteiger partial charge in [-0.15, -0.1) is 22.7 Å². The molecule has 0 radical (unpaired) electrons. The molecule has 0 aliphatic heterocycles. The van der Waals surface area contributed by atoms with Crippen molar-refractivity contribution in [2.75, 3.05) is 0 Å². The molecule has 2 aromatic heterocycles. The van der Waals surface area contributed by atoms with Crippen LogP contribution < -0.4 is 0 Å². The van der Waals surface area contributed by atoms with Gasteiger partial charge in [0.15, 0.2) is 0 Å². The molecule has 14 aromatic carbocycles. The van der Waals surface area contributed by atoms with E-state index in [1.807, 2.05) is 22.7 Å². The van der Waals surface area contributed by atoms with Crippen molar-refractivity contribution in [2.45, 2.75) is 0 Å².